The summed E-state index contributed by atoms with van der Waals surface area (Å²) in [6, 6.07) is 14.1. The zero-order chi connectivity index (χ0) is 11.4. The number of anilines is 1. The largest absolute Gasteiger partial charge is 0.399 e. The molecule has 0 atom stereocenters. The number of nitrogen functional groups attached to an aromatic ring is 1. The van der Waals surface area contributed by atoms with Crippen LogP contribution in [0.25, 0.3) is 12.2 Å². The summed E-state index contributed by atoms with van der Waals surface area (Å²) in [4.78, 5) is 0. The van der Waals surface area contributed by atoms with Crippen LogP contribution in [0.15, 0.2) is 48.5 Å². The predicted octanol–water partition coefficient (Wildman–Crippen LogP) is 3.58. The molecule has 80 valence electrons. The molecule has 2 N–H and O–H groups in total. The predicted molar refractivity (Wildman–Crippen MR) is 66.2 cm³/mol. The van der Waals surface area contributed by atoms with Gasteiger partial charge in [0.1, 0.15) is 5.82 Å². The van der Waals surface area contributed by atoms with Crippen LogP contribution in [0.4, 0.5) is 10.1 Å². The van der Waals surface area contributed by atoms with Gasteiger partial charge in [-0.2, -0.15) is 0 Å². The summed E-state index contributed by atoms with van der Waals surface area (Å²) in [5.74, 6) is -0.214. The van der Waals surface area contributed by atoms with Crippen molar-refractivity contribution in [2.75, 3.05) is 5.73 Å². The molecular formula is C14H12FN. The van der Waals surface area contributed by atoms with E-state index in [-0.39, 0.29) is 5.82 Å². The van der Waals surface area contributed by atoms with E-state index >= 15 is 0 Å². The lowest BCUT2D eigenvalue weighted by atomic mass is 10.1. The summed E-state index contributed by atoms with van der Waals surface area (Å²) in [5.41, 5.74) is 7.88. The van der Waals surface area contributed by atoms with E-state index in [9.17, 15) is 4.39 Å². The van der Waals surface area contributed by atoms with Gasteiger partial charge >= 0.3 is 0 Å². The quantitative estimate of drug-likeness (QED) is 0.599. The van der Waals surface area contributed by atoms with E-state index in [4.69, 9.17) is 5.73 Å². The Labute approximate surface area is 94.0 Å². The maximum absolute atomic E-state index is 13.3. The minimum absolute atomic E-state index is 0.214. The minimum Gasteiger partial charge on any atom is -0.399 e. The second-order valence-electron chi connectivity index (χ2n) is 3.52. The molecule has 1 nitrogen and oxygen atoms in total. The van der Waals surface area contributed by atoms with Gasteiger partial charge in [0.15, 0.2) is 0 Å². The van der Waals surface area contributed by atoms with Crippen LogP contribution in [0.5, 0.6) is 0 Å². The zero-order valence-electron chi connectivity index (χ0n) is 8.73. The van der Waals surface area contributed by atoms with E-state index in [2.05, 4.69) is 0 Å². The molecule has 2 aromatic carbocycles. The number of nitrogens with two attached hydrogens (primary N) is 1. The van der Waals surface area contributed by atoms with E-state index < -0.39 is 0 Å². The monoisotopic (exact) mass is 213 g/mol. The topological polar surface area (TPSA) is 26.0 Å². The molecule has 0 bridgehead atoms. The van der Waals surface area contributed by atoms with E-state index in [1.807, 2.05) is 36.4 Å². The first-order valence-corrected chi connectivity index (χ1v) is 5.04. The fourth-order valence-corrected chi connectivity index (χ4v) is 1.40. The summed E-state index contributed by atoms with van der Waals surface area (Å²) in [7, 11) is 0. The molecule has 0 amide bonds. The van der Waals surface area contributed by atoms with Crippen molar-refractivity contribution in [1.29, 1.82) is 0 Å². The highest BCUT2D eigenvalue weighted by molar-refractivity contribution is 5.70. The average Bonchev–Trinajstić information content (AvgIpc) is 2.30. The van der Waals surface area contributed by atoms with Crippen molar-refractivity contribution in [2.45, 2.75) is 0 Å². The highest BCUT2D eigenvalue weighted by atomic mass is 19.1. The molecule has 0 heterocycles. The molecule has 0 saturated carbocycles. The van der Waals surface area contributed by atoms with Crippen molar-refractivity contribution in [3.63, 3.8) is 0 Å². The summed E-state index contributed by atoms with van der Waals surface area (Å²) in [5, 5.41) is 0. The van der Waals surface area contributed by atoms with Crippen LogP contribution in [0, 0.1) is 5.82 Å². The van der Waals surface area contributed by atoms with Crippen LogP contribution >= 0.6 is 0 Å². The first kappa shape index (κ1) is 10.4. The van der Waals surface area contributed by atoms with Gasteiger partial charge in [-0.05, 0) is 23.8 Å². The molecular weight excluding hydrogens is 201 g/mol. The third-order valence-corrected chi connectivity index (χ3v) is 2.30. The lowest BCUT2D eigenvalue weighted by Gasteiger charge is -1.97. The van der Waals surface area contributed by atoms with Crippen LogP contribution in [0.3, 0.4) is 0 Å². The van der Waals surface area contributed by atoms with Crippen molar-refractivity contribution in [3.8, 4) is 0 Å². The molecule has 0 aliphatic carbocycles. The molecule has 0 fully saturated rings. The van der Waals surface area contributed by atoms with Gasteiger partial charge in [-0.3, -0.25) is 0 Å². The summed E-state index contributed by atoms with van der Waals surface area (Å²) < 4.78 is 13.3. The van der Waals surface area contributed by atoms with Crippen molar-refractivity contribution in [3.05, 3.63) is 65.5 Å². The van der Waals surface area contributed by atoms with Crippen LogP contribution in [0.2, 0.25) is 0 Å². The second kappa shape index (κ2) is 4.62. The standard InChI is InChI=1S/C14H12FN/c15-14-4-2-1-3-12(14)8-5-11-6-9-13(16)10-7-11/h1-10H,16H2/b8-5+. The lowest BCUT2D eigenvalue weighted by molar-refractivity contribution is 0.625. The van der Waals surface area contributed by atoms with Crippen molar-refractivity contribution in [1.82, 2.24) is 0 Å². The fourth-order valence-electron chi connectivity index (χ4n) is 1.40. The Morgan fingerprint density at radius 1 is 0.875 bits per heavy atom. The highest BCUT2D eigenvalue weighted by Gasteiger charge is 1.94. The lowest BCUT2D eigenvalue weighted by Crippen LogP contribution is -1.83. The van der Waals surface area contributed by atoms with Crippen LogP contribution in [-0.2, 0) is 0 Å². The summed E-state index contributed by atoms with van der Waals surface area (Å²) >= 11 is 0. The number of benzene rings is 2. The first-order valence-electron chi connectivity index (χ1n) is 5.04. The number of rotatable bonds is 2. The first-order chi connectivity index (χ1) is 7.75. The third-order valence-electron chi connectivity index (χ3n) is 2.30. The Hall–Kier alpha value is -2.09. The van der Waals surface area contributed by atoms with Gasteiger partial charge in [-0.25, -0.2) is 4.39 Å². The van der Waals surface area contributed by atoms with Crippen molar-refractivity contribution < 1.29 is 4.39 Å². The van der Waals surface area contributed by atoms with Gasteiger partial charge in [-0.15, -0.1) is 0 Å². The maximum atomic E-state index is 13.3. The van der Waals surface area contributed by atoms with Gasteiger partial charge in [0.05, 0.1) is 0 Å². The second-order valence-corrected chi connectivity index (χ2v) is 3.52. The van der Waals surface area contributed by atoms with E-state index in [1.54, 1.807) is 18.2 Å². The van der Waals surface area contributed by atoms with Crippen LogP contribution in [0.1, 0.15) is 11.1 Å². The maximum Gasteiger partial charge on any atom is 0.130 e. The Bertz CT molecular complexity index is 500. The van der Waals surface area contributed by atoms with Crippen molar-refractivity contribution in [2.24, 2.45) is 0 Å². The Morgan fingerprint density at radius 3 is 2.25 bits per heavy atom. The van der Waals surface area contributed by atoms with Gasteiger partial charge in [0, 0.05) is 11.3 Å². The minimum atomic E-state index is -0.214. The Balaban J connectivity index is 2.21. The molecule has 0 radical (unpaired) electrons. The molecule has 2 rings (SSSR count). The van der Waals surface area contributed by atoms with Gasteiger partial charge in [0.2, 0.25) is 0 Å². The number of hydrogen-bond donors (Lipinski definition) is 1. The molecule has 0 aliphatic rings. The van der Waals surface area contributed by atoms with E-state index in [0.717, 1.165) is 11.3 Å². The number of halogens is 1. The molecule has 0 aromatic heterocycles. The normalized spacial score (nSPS) is 10.8. The third kappa shape index (κ3) is 2.48. The SMILES string of the molecule is Nc1ccc(/C=C/c2ccccc2F)cc1. The van der Waals surface area contributed by atoms with Crippen LogP contribution in [-0.4, -0.2) is 0 Å². The van der Waals surface area contributed by atoms with Gasteiger partial charge in [-0.1, -0.05) is 42.5 Å². The summed E-state index contributed by atoms with van der Waals surface area (Å²) in [6.45, 7) is 0. The molecule has 2 heteroatoms. The smallest absolute Gasteiger partial charge is 0.130 e. The van der Waals surface area contributed by atoms with Gasteiger partial charge in [0.25, 0.3) is 0 Å². The summed E-state index contributed by atoms with van der Waals surface area (Å²) in [6.07, 6.45) is 3.61. The fraction of sp³-hybridized carbons (Fsp3) is 0. The molecule has 0 spiro atoms. The molecule has 0 unspecified atom stereocenters. The van der Waals surface area contributed by atoms with Crippen LogP contribution < -0.4 is 5.73 Å². The zero-order valence-corrected chi connectivity index (χ0v) is 8.73. The Morgan fingerprint density at radius 2 is 1.56 bits per heavy atom. The van der Waals surface area contributed by atoms with Crippen molar-refractivity contribution >= 4 is 17.8 Å². The molecule has 0 aliphatic heterocycles. The Kier molecular flexibility index (Phi) is 3.01. The van der Waals surface area contributed by atoms with Gasteiger partial charge < -0.3 is 5.73 Å². The molecule has 2 aromatic rings. The molecule has 16 heavy (non-hydrogen) atoms. The molecule has 0 saturated heterocycles. The number of hydrogen-bond acceptors (Lipinski definition) is 1. The van der Waals surface area contributed by atoms with E-state index in [0.29, 0.717) is 5.56 Å². The average molecular weight is 213 g/mol. The highest BCUT2D eigenvalue weighted by Crippen LogP contribution is 2.12. The van der Waals surface area contributed by atoms with E-state index in [1.165, 1.54) is 6.07 Å².